The summed E-state index contributed by atoms with van der Waals surface area (Å²) in [7, 11) is 0. The molecule has 2 atom stereocenters. The van der Waals surface area contributed by atoms with E-state index >= 15 is 0 Å². The fourth-order valence-corrected chi connectivity index (χ4v) is 2.00. The molecule has 0 fully saturated rings. The number of hydrogen-bond acceptors (Lipinski definition) is 1. The molecular formula is C15H15F2N. The van der Waals surface area contributed by atoms with Crippen molar-refractivity contribution in [1.29, 1.82) is 0 Å². The van der Waals surface area contributed by atoms with Crippen molar-refractivity contribution < 1.29 is 8.78 Å². The van der Waals surface area contributed by atoms with Gasteiger partial charge in [0.15, 0.2) is 0 Å². The van der Waals surface area contributed by atoms with Gasteiger partial charge in [0, 0.05) is 17.5 Å². The molecule has 1 nitrogen and oxygen atoms in total. The van der Waals surface area contributed by atoms with Gasteiger partial charge in [0.1, 0.15) is 11.6 Å². The van der Waals surface area contributed by atoms with Gasteiger partial charge in [-0.15, -0.1) is 0 Å². The maximum absolute atomic E-state index is 13.6. The molecule has 0 aromatic heterocycles. The summed E-state index contributed by atoms with van der Waals surface area (Å²) in [4.78, 5) is 0. The predicted octanol–water partition coefficient (Wildman–Crippen LogP) is 3.77. The van der Waals surface area contributed by atoms with E-state index in [2.05, 4.69) is 0 Å². The molecule has 0 bridgehead atoms. The van der Waals surface area contributed by atoms with E-state index in [0.717, 1.165) is 17.7 Å². The first-order valence-corrected chi connectivity index (χ1v) is 5.85. The Hall–Kier alpha value is -1.74. The van der Waals surface area contributed by atoms with Gasteiger partial charge in [0.05, 0.1) is 0 Å². The lowest BCUT2D eigenvalue weighted by atomic mass is 9.89. The molecule has 0 aliphatic rings. The second kappa shape index (κ2) is 5.27. The third kappa shape index (κ3) is 2.57. The number of rotatable bonds is 3. The van der Waals surface area contributed by atoms with Gasteiger partial charge >= 0.3 is 0 Å². The van der Waals surface area contributed by atoms with Crippen LogP contribution in [-0.4, -0.2) is 0 Å². The Kier molecular flexibility index (Phi) is 3.72. The Morgan fingerprint density at radius 1 is 1.00 bits per heavy atom. The van der Waals surface area contributed by atoms with E-state index in [1.165, 1.54) is 6.07 Å². The highest BCUT2D eigenvalue weighted by Gasteiger charge is 2.20. The fraction of sp³-hybridized carbons (Fsp3) is 0.200. The molecule has 0 aliphatic heterocycles. The molecule has 0 saturated carbocycles. The summed E-state index contributed by atoms with van der Waals surface area (Å²) in [5.74, 6) is -1.02. The van der Waals surface area contributed by atoms with E-state index in [1.807, 2.05) is 37.3 Å². The molecular weight excluding hydrogens is 232 g/mol. The van der Waals surface area contributed by atoms with Crippen molar-refractivity contribution in [2.45, 2.75) is 18.9 Å². The van der Waals surface area contributed by atoms with Gasteiger partial charge in [-0.1, -0.05) is 37.3 Å². The molecule has 2 unspecified atom stereocenters. The summed E-state index contributed by atoms with van der Waals surface area (Å²) in [5, 5.41) is 0. The molecule has 2 aromatic rings. The highest BCUT2D eigenvalue weighted by atomic mass is 19.1. The van der Waals surface area contributed by atoms with Crippen LogP contribution in [-0.2, 0) is 0 Å². The van der Waals surface area contributed by atoms with Crippen molar-refractivity contribution in [2.75, 3.05) is 0 Å². The molecule has 18 heavy (non-hydrogen) atoms. The predicted molar refractivity (Wildman–Crippen MR) is 68.1 cm³/mol. The summed E-state index contributed by atoms with van der Waals surface area (Å²) in [5.41, 5.74) is 7.26. The van der Waals surface area contributed by atoms with Gasteiger partial charge in [-0.3, -0.25) is 0 Å². The first-order valence-electron chi connectivity index (χ1n) is 5.85. The van der Waals surface area contributed by atoms with Crippen LogP contribution >= 0.6 is 0 Å². The largest absolute Gasteiger partial charge is 0.323 e. The SMILES string of the molecule is CC(c1ccccc1)C(N)c1cc(F)ccc1F. The maximum Gasteiger partial charge on any atom is 0.128 e. The van der Waals surface area contributed by atoms with Crippen LogP contribution in [0.15, 0.2) is 48.5 Å². The van der Waals surface area contributed by atoms with E-state index in [4.69, 9.17) is 5.73 Å². The Morgan fingerprint density at radius 2 is 1.67 bits per heavy atom. The lowest BCUT2D eigenvalue weighted by molar-refractivity contribution is 0.528. The average molecular weight is 247 g/mol. The van der Waals surface area contributed by atoms with Gasteiger partial charge in [-0.2, -0.15) is 0 Å². The molecule has 0 aliphatic carbocycles. The van der Waals surface area contributed by atoms with Crippen molar-refractivity contribution >= 4 is 0 Å². The minimum Gasteiger partial charge on any atom is -0.323 e. The van der Waals surface area contributed by atoms with Crippen LogP contribution in [0.4, 0.5) is 8.78 Å². The van der Waals surface area contributed by atoms with Gasteiger partial charge in [0.2, 0.25) is 0 Å². The molecule has 0 heterocycles. The summed E-state index contributed by atoms with van der Waals surface area (Å²) in [6, 6.07) is 12.4. The van der Waals surface area contributed by atoms with Crippen LogP contribution in [0.25, 0.3) is 0 Å². The lowest BCUT2D eigenvalue weighted by Crippen LogP contribution is -2.19. The van der Waals surface area contributed by atoms with Crippen molar-refractivity contribution in [2.24, 2.45) is 5.73 Å². The quantitative estimate of drug-likeness (QED) is 0.877. The highest BCUT2D eigenvalue weighted by molar-refractivity contribution is 5.28. The molecule has 94 valence electrons. The maximum atomic E-state index is 13.6. The van der Waals surface area contributed by atoms with E-state index in [1.54, 1.807) is 0 Å². The summed E-state index contributed by atoms with van der Waals surface area (Å²) < 4.78 is 26.8. The summed E-state index contributed by atoms with van der Waals surface area (Å²) in [6.45, 7) is 1.91. The third-order valence-electron chi connectivity index (χ3n) is 3.18. The zero-order valence-electron chi connectivity index (χ0n) is 10.1. The van der Waals surface area contributed by atoms with Gasteiger partial charge < -0.3 is 5.73 Å². The van der Waals surface area contributed by atoms with E-state index in [0.29, 0.717) is 0 Å². The van der Waals surface area contributed by atoms with Gasteiger partial charge in [-0.05, 0) is 23.8 Å². The molecule has 0 radical (unpaired) electrons. The average Bonchev–Trinajstić information content (AvgIpc) is 2.41. The number of nitrogens with two attached hydrogens (primary N) is 1. The summed E-state index contributed by atoms with van der Waals surface area (Å²) in [6.07, 6.45) is 0. The molecule has 0 amide bonds. The Balaban J connectivity index is 2.31. The van der Waals surface area contributed by atoms with Crippen LogP contribution in [0.2, 0.25) is 0 Å². The van der Waals surface area contributed by atoms with Crippen LogP contribution in [0.5, 0.6) is 0 Å². The molecule has 3 heteroatoms. The Bertz CT molecular complexity index is 525. The monoisotopic (exact) mass is 247 g/mol. The Morgan fingerprint density at radius 3 is 2.33 bits per heavy atom. The number of hydrogen-bond donors (Lipinski definition) is 1. The van der Waals surface area contributed by atoms with E-state index < -0.39 is 17.7 Å². The topological polar surface area (TPSA) is 26.0 Å². The number of halogens is 2. The molecule has 2 rings (SSSR count). The second-order valence-corrected chi connectivity index (χ2v) is 4.39. The first kappa shape index (κ1) is 12.7. The number of benzene rings is 2. The highest BCUT2D eigenvalue weighted by Crippen LogP contribution is 2.30. The zero-order valence-corrected chi connectivity index (χ0v) is 10.1. The van der Waals surface area contributed by atoms with Crippen molar-refractivity contribution in [3.05, 3.63) is 71.3 Å². The summed E-state index contributed by atoms with van der Waals surface area (Å²) >= 11 is 0. The lowest BCUT2D eigenvalue weighted by Gasteiger charge is -2.21. The molecule has 2 N–H and O–H groups in total. The minimum absolute atomic E-state index is 0.0810. The van der Waals surface area contributed by atoms with Gasteiger partial charge in [-0.25, -0.2) is 8.78 Å². The van der Waals surface area contributed by atoms with Gasteiger partial charge in [0.25, 0.3) is 0 Å². The normalized spacial score (nSPS) is 14.2. The van der Waals surface area contributed by atoms with Crippen LogP contribution in [0.1, 0.15) is 30.0 Å². The third-order valence-corrected chi connectivity index (χ3v) is 3.18. The Labute approximate surface area is 105 Å². The standard InChI is InChI=1S/C15H15F2N/c1-10(11-5-3-2-4-6-11)15(18)13-9-12(16)7-8-14(13)17/h2-10,15H,18H2,1H3. The smallest absolute Gasteiger partial charge is 0.128 e. The van der Waals surface area contributed by atoms with Crippen molar-refractivity contribution in [1.82, 2.24) is 0 Å². The van der Waals surface area contributed by atoms with Crippen LogP contribution < -0.4 is 5.73 Å². The van der Waals surface area contributed by atoms with Crippen LogP contribution in [0, 0.1) is 11.6 Å². The van der Waals surface area contributed by atoms with Crippen molar-refractivity contribution in [3.63, 3.8) is 0 Å². The molecule has 0 spiro atoms. The van der Waals surface area contributed by atoms with Crippen molar-refractivity contribution in [3.8, 4) is 0 Å². The zero-order chi connectivity index (χ0) is 13.1. The van der Waals surface area contributed by atoms with E-state index in [9.17, 15) is 8.78 Å². The first-order chi connectivity index (χ1) is 8.59. The second-order valence-electron chi connectivity index (χ2n) is 4.39. The van der Waals surface area contributed by atoms with E-state index in [-0.39, 0.29) is 11.5 Å². The molecule has 2 aromatic carbocycles. The molecule has 0 saturated heterocycles. The minimum atomic E-state index is -0.567. The fourth-order valence-electron chi connectivity index (χ4n) is 2.00. The van der Waals surface area contributed by atoms with Crippen LogP contribution in [0.3, 0.4) is 0 Å².